The molecule has 1 aromatic carbocycles. The molecule has 0 saturated heterocycles. The molecule has 0 radical (unpaired) electrons. The monoisotopic (exact) mass is 259 g/mol. The van der Waals surface area contributed by atoms with E-state index in [2.05, 4.69) is 24.2 Å². The highest BCUT2D eigenvalue weighted by molar-refractivity contribution is 5.37. The van der Waals surface area contributed by atoms with Crippen molar-refractivity contribution in [2.75, 3.05) is 6.61 Å². The topological polar surface area (TPSA) is 53.1 Å². The van der Waals surface area contributed by atoms with Crippen molar-refractivity contribution in [3.8, 4) is 5.75 Å². The van der Waals surface area contributed by atoms with Crippen molar-refractivity contribution in [1.82, 2.24) is 9.78 Å². The van der Waals surface area contributed by atoms with Gasteiger partial charge in [-0.25, -0.2) is 0 Å². The van der Waals surface area contributed by atoms with E-state index in [9.17, 15) is 0 Å². The van der Waals surface area contributed by atoms with Gasteiger partial charge in [0.2, 0.25) is 0 Å². The van der Waals surface area contributed by atoms with E-state index in [-0.39, 0.29) is 6.04 Å². The molecule has 1 atom stereocenters. The number of benzene rings is 1. The van der Waals surface area contributed by atoms with Crippen molar-refractivity contribution in [1.29, 1.82) is 0 Å². The minimum atomic E-state index is 0.135. The second kappa shape index (κ2) is 6.38. The minimum Gasteiger partial charge on any atom is -0.491 e. The van der Waals surface area contributed by atoms with E-state index in [1.807, 2.05) is 29.9 Å². The Bertz CT molecular complexity index is 506. The Morgan fingerprint density at radius 3 is 2.95 bits per heavy atom. The van der Waals surface area contributed by atoms with Crippen LogP contribution in [-0.2, 0) is 13.0 Å². The fourth-order valence-corrected chi connectivity index (χ4v) is 2.04. The molecule has 102 valence electrons. The maximum Gasteiger partial charge on any atom is 0.122 e. The van der Waals surface area contributed by atoms with Crippen LogP contribution >= 0.6 is 0 Å². The Kier molecular flexibility index (Phi) is 4.58. The molecule has 2 N–H and O–H groups in total. The lowest BCUT2D eigenvalue weighted by molar-refractivity contribution is 0.288. The molecule has 0 aliphatic rings. The SMILES string of the molecule is Cc1ccc(OCCn2cccn2)c(CC(C)N)c1. The van der Waals surface area contributed by atoms with E-state index >= 15 is 0 Å². The predicted molar refractivity (Wildman–Crippen MR) is 76.3 cm³/mol. The second-order valence-electron chi connectivity index (χ2n) is 4.91. The zero-order valence-electron chi connectivity index (χ0n) is 11.5. The van der Waals surface area contributed by atoms with E-state index in [0.29, 0.717) is 6.61 Å². The number of hydrogen-bond acceptors (Lipinski definition) is 3. The van der Waals surface area contributed by atoms with E-state index in [0.717, 1.165) is 18.7 Å². The normalized spacial score (nSPS) is 12.4. The van der Waals surface area contributed by atoms with Crippen molar-refractivity contribution in [3.05, 3.63) is 47.8 Å². The number of aryl methyl sites for hydroxylation is 1. The Balaban J connectivity index is 1.98. The first kappa shape index (κ1) is 13.6. The molecule has 0 aliphatic carbocycles. The standard InChI is InChI=1S/C15H21N3O/c1-12-4-5-15(14(10-12)11-13(2)16)19-9-8-18-7-3-6-17-18/h3-7,10,13H,8-9,11,16H2,1-2H3. The highest BCUT2D eigenvalue weighted by atomic mass is 16.5. The van der Waals surface area contributed by atoms with Crippen LogP contribution in [0.5, 0.6) is 5.75 Å². The zero-order valence-corrected chi connectivity index (χ0v) is 11.5. The van der Waals surface area contributed by atoms with Crippen LogP contribution in [0.1, 0.15) is 18.1 Å². The summed E-state index contributed by atoms with van der Waals surface area (Å²) in [6, 6.07) is 8.28. The lowest BCUT2D eigenvalue weighted by atomic mass is 10.0. The molecule has 0 saturated carbocycles. The summed E-state index contributed by atoms with van der Waals surface area (Å²) in [5.74, 6) is 0.926. The molecule has 0 bridgehead atoms. The molecule has 4 heteroatoms. The molecular weight excluding hydrogens is 238 g/mol. The molecule has 1 heterocycles. The Labute approximate surface area is 114 Å². The minimum absolute atomic E-state index is 0.135. The van der Waals surface area contributed by atoms with Crippen LogP contribution < -0.4 is 10.5 Å². The predicted octanol–water partition coefficient (Wildman–Crippen LogP) is 2.16. The van der Waals surface area contributed by atoms with E-state index in [4.69, 9.17) is 10.5 Å². The number of ether oxygens (including phenoxy) is 1. The van der Waals surface area contributed by atoms with Gasteiger partial charge >= 0.3 is 0 Å². The molecule has 0 fully saturated rings. The maximum atomic E-state index is 5.88. The van der Waals surface area contributed by atoms with Crippen LogP contribution in [-0.4, -0.2) is 22.4 Å². The van der Waals surface area contributed by atoms with Crippen molar-refractivity contribution in [2.45, 2.75) is 32.9 Å². The summed E-state index contributed by atoms with van der Waals surface area (Å²) in [5, 5.41) is 4.15. The van der Waals surface area contributed by atoms with Crippen LogP contribution in [0.2, 0.25) is 0 Å². The summed E-state index contributed by atoms with van der Waals surface area (Å²) in [4.78, 5) is 0. The zero-order chi connectivity index (χ0) is 13.7. The van der Waals surface area contributed by atoms with Crippen LogP contribution in [0, 0.1) is 6.92 Å². The lowest BCUT2D eigenvalue weighted by Gasteiger charge is -2.14. The molecule has 1 unspecified atom stereocenters. The van der Waals surface area contributed by atoms with Gasteiger partial charge in [-0.3, -0.25) is 4.68 Å². The fourth-order valence-electron chi connectivity index (χ4n) is 2.04. The molecule has 2 rings (SSSR count). The van der Waals surface area contributed by atoms with Crippen LogP contribution in [0.15, 0.2) is 36.7 Å². The highest BCUT2D eigenvalue weighted by Crippen LogP contribution is 2.21. The summed E-state index contributed by atoms with van der Waals surface area (Å²) >= 11 is 0. The lowest BCUT2D eigenvalue weighted by Crippen LogP contribution is -2.19. The number of rotatable bonds is 6. The summed E-state index contributed by atoms with van der Waals surface area (Å²) in [6.07, 6.45) is 4.54. The van der Waals surface area contributed by atoms with Gasteiger partial charge in [-0.2, -0.15) is 5.10 Å². The maximum absolute atomic E-state index is 5.88. The van der Waals surface area contributed by atoms with Crippen molar-refractivity contribution >= 4 is 0 Å². The molecule has 19 heavy (non-hydrogen) atoms. The van der Waals surface area contributed by atoms with E-state index in [1.54, 1.807) is 6.20 Å². The molecule has 0 spiro atoms. The van der Waals surface area contributed by atoms with Gasteiger partial charge in [0.25, 0.3) is 0 Å². The number of aromatic nitrogens is 2. The average Bonchev–Trinajstić information content (AvgIpc) is 2.84. The smallest absolute Gasteiger partial charge is 0.122 e. The summed E-state index contributed by atoms with van der Waals surface area (Å²) in [6.45, 7) is 5.45. The van der Waals surface area contributed by atoms with Crippen molar-refractivity contribution in [2.24, 2.45) is 5.73 Å². The van der Waals surface area contributed by atoms with Gasteiger partial charge in [-0.15, -0.1) is 0 Å². The van der Waals surface area contributed by atoms with Crippen LogP contribution in [0.25, 0.3) is 0 Å². The quantitative estimate of drug-likeness (QED) is 0.865. The highest BCUT2D eigenvalue weighted by Gasteiger charge is 2.06. The number of nitrogens with two attached hydrogens (primary N) is 1. The van der Waals surface area contributed by atoms with Gasteiger partial charge in [-0.05, 0) is 38.0 Å². The third kappa shape index (κ3) is 4.10. The number of hydrogen-bond donors (Lipinski definition) is 1. The Morgan fingerprint density at radius 2 is 2.26 bits per heavy atom. The molecule has 0 aliphatic heterocycles. The van der Waals surface area contributed by atoms with E-state index < -0.39 is 0 Å². The number of nitrogens with zero attached hydrogens (tertiary/aromatic N) is 2. The molecule has 2 aromatic rings. The van der Waals surface area contributed by atoms with E-state index in [1.165, 1.54) is 11.1 Å². The molecule has 1 aromatic heterocycles. The van der Waals surface area contributed by atoms with Gasteiger partial charge in [-0.1, -0.05) is 17.7 Å². The summed E-state index contributed by atoms with van der Waals surface area (Å²) < 4.78 is 7.71. The van der Waals surface area contributed by atoms with Gasteiger partial charge in [0.05, 0.1) is 6.54 Å². The molecule has 4 nitrogen and oxygen atoms in total. The molecular formula is C15H21N3O. The largest absolute Gasteiger partial charge is 0.491 e. The fraction of sp³-hybridized carbons (Fsp3) is 0.400. The average molecular weight is 259 g/mol. The third-order valence-electron chi connectivity index (χ3n) is 2.90. The Morgan fingerprint density at radius 1 is 1.42 bits per heavy atom. The van der Waals surface area contributed by atoms with Crippen LogP contribution in [0.3, 0.4) is 0 Å². The first-order valence-electron chi connectivity index (χ1n) is 6.60. The molecule has 0 amide bonds. The van der Waals surface area contributed by atoms with Crippen molar-refractivity contribution in [3.63, 3.8) is 0 Å². The first-order chi connectivity index (χ1) is 9.15. The summed E-state index contributed by atoms with van der Waals surface area (Å²) in [5.41, 5.74) is 8.29. The van der Waals surface area contributed by atoms with Gasteiger partial charge in [0.15, 0.2) is 0 Å². The second-order valence-corrected chi connectivity index (χ2v) is 4.91. The summed E-state index contributed by atoms with van der Waals surface area (Å²) in [7, 11) is 0. The van der Waals surface area contributed by atoms with Gasteiger partial charge in [0, 0.05) is 18.4 Å². The third-order valence-corrected chi connectivity index (χ3v) is 2.90. The van der Waals surface area contributed by atoms with Crippen LogP contribution in [0.4, 0.5) is 0 Å². The van der Waals surface area contributed by atoms with Gasteiger partial charge in [0.1, 0.15) is 12.4 Å². The van der Waals surface area contributed by atoms with Gasteiger partial charge < -0.3 is 10.5 Å². The first-order valence-corrected chi connectivity index (χ1v) is 6.60. The Hall–Kier alpha value is -1.81. The van der Waals surface area contributed by atoms with Crippen molar-refractivity contribution < 1.29 is 4.74 Å².